The molecule has 18 heavy (non-hydrogen) atoms. The summed E-state index contributed by atoms with van der Waals surface area (Å²) in [5.41, 5.74) is 6.56. The minimum atomic E-state index is -0.278. The third-order valence-corrected chi connectivity index (χ3v) is 4.48. The lowest BCUT2D eigenvalue weighted by Crippen LogP contribution is -2.07. The van der Waals surface area contributed by atoms with Crippen molar-refractivity contribution in [2.75, 3.05) is 24.7 Å². The zero-order chi connectivity index (χ0) is 13.1. The zero-order valence-corrected chi connectivity index (χ0v) is 11.7. The molecule has 1 heterocycles. The number of nitrogen functional groups attached to an aromatic ring is 1. The van der Waals surface area contributed by atoms with Crippen molar-refractivity contribution in [3.63, 3.8) is 0 Å². The molecule has 0 saturated heterocycles. The van der Waals surface area contributed by atoms with Crippen LogP contribution in [0.25, 0.3) is 0 Å². The lowest BCUT2D eigenvalue weighted by atomic mass is 10.2. The summed E-state index contributed by atoms with van der Waals surface area (Å²) < 4.78 is 14.4. The average Bonchev–Trinajstić information content (AvgIpc) is 2.76. The van der Waals surface area contributed by atoms with Crippen molar-refractivity contribution in [1.82, 2.24) is 10.2 Å². The molecule has 0 saturated carbocycles. The molecule has 0 spiro atoms. The molecule has 1 aromatic carbocycles. The molecule has 0 bridgehead atoms. The Kier molecular flexibility index (Phi) is 4.03. The highest BCUT2D eigenvalue weighted by atomic mass is 32.2. The summed E-state index contributed by atoms with van der Waals surface area (Å²) in [7, 11) is 3.82. The predicted molar refractivity (Wildman–Crippen MR) is 74.6 cm³/mol. The average molecular weight is 284 g/mol. The second-order valence-corrected chi connectivity index (χ2v) is 6.06. The minimum absolute atomic E-state index is 0.278. The Morgan fingerprint density at radius 3 is 2.78 bits per heavy atom. The van der Waals surface area contributed by atoms with Crippen LogP contribution in [-0.2, 0) is 5.75 Å². The second-order valence-electron chi connectivity index (χ2n) is 3.88. The van der Waals surface area contributed by atoms with Gasteiger partial charge in [-0.1, -0.05) is 29.2 Å². The molecule has 0 unspecified atom stereocenters. The molecule has 0 amide bonds. The summed E-state index contributed by atoms with van der Waals surface area (Å²) in [4.78, 5) is 1.89. The lowest BCUT2D eigenvalue weighted by Gasteiger charge is -2.04. The molecule has 0 aliphatic carbocycles. The van der Waals surface area contributed by atoms with Gasteiger partial charge >= 0.3 is 0 Å². The number of nitrogens with zero attached hydrogens (tertiary/aromatic N) is 3. The molecule has 1 aromatic heterocycles. The van der Waals surface area contributed by atoms with Crippen molar-refractivity contribution >= 4 is 33.9 Å². The molecule has 2 aromatic rings. The topological polar surface area (TPSA) is 55.0 Å². The Balaban J connectivity index is 2.02. The molecule has 0 atom stereocenters. The standard InChI is InChI=1S/C11H13FN4S2/c1-16(2)10-14-15-11(18-10)17-6-7-3-4-8(13)5-9(7)12/h3-5H,6,13H2,1-2H3. The number of hydrogen-bond donors (Lipinski definition) is 1. The van der Waals surface area contributed by atoms with E-state index in [0.717, 1.165) is 9.47 Å². The van der Waals surface area contributed by atoms with E-state index >= 15 is 0 Å². The van der Waals surface area contributed by atoms with Gasteiger partial charge in [-0.2, -0.15) is 0 Å². The highest BCUT2D eigenvalue weighted by Gasteiger charge is 2.08. The Labute approximate surface area is 113 Å². The molecule has 0 aliphatic heterocycles. The number of hydrogen-bond acceptors (Lipinski definition) is 6. The molecule has 0 fully saturated rings. The van der Waals surface area contributed by atoms with E-state index in [-0.39, 0.29) is 5.82 Å². The zero-order valence-electron chi connectivity index (χ0n) is 10.1. The Hall–Kier alpha value is -1.34. The number of rotatable bonds is 4. The van der Waals surface area contributed by atoms with Gasteiger partial charge in [-0.15, -0.1) is 10.2 Å². The van der Waals surface area contributed by atoms with Crippen molar-refractivity contribution in [1.29, 1.82) is 0 Å². The van der Waals surface area contributed by atoms with Crippen molar-refractivity contribution in [2.45, 2.75) is 10.1 Å². The fourth-order valence-electron chi connectivity index (χ4n) is 1.26. The van der Waals surface area contributed by atoms with E-state index < -0.39 is 0 Å². The summed E-state index contributed by atoms with van der Waals surface area (Å²) in [5.74, 6) is 0.244. The molecule has 7 heteroatoms. The molecular weight excluding hydrogens is 271 g/mol. The number of aromatic nitrogens is 2. The smallest absolute Gasteiger partial charge is 0.208 e. The van der Waals surface area contributed by atoms with Crippen LogP contribution in [0.4, 0.5) is 15.2 Å². The van der Waals surface area contributed by atoms with Crippen molar-refractivity contribution in [3.05, 3.63) is 29.6 Å². The van der Waals surface area contributed by atoms with Gasteiger partial charge in [-0.05, 0) is 17.7 Å². The SMILES string of the molecule is CN(C)c1nnc(SCc2ccc(N)cc2F)s1. The van der Waals surface area contributed by atoms with E-state index in [9.17, 15) is 4.39 Å². The lowest BCUT2D eigenvalue weighted by molar-refractivity contribution is 0.618. The van der Waals surface area contributed by atoms with Crippen LogP contribution in [0.5, 0.6) is 0 Å². The summed E-state index contributed by atoms with van der Waals surface area (Å²) in [6, 6.07) is 4.73. The number of anilines is 2. The maximum absolute atomic E-state index is 13.6. The number of halogens is 1. The minimum Gasteiger partial charge on any atom is -0.399 e. The normalized spacial score (nSPS) is 10.6. The number of thioether (sulfide) groups is 1. The largest absolute Gasteiger partial charge is 0.399 e. The molecule has 2 N–H and O–H groups in total. The first kappa shape index (κ1) is 13.1. The third kappa shape index (κ3) is 3.11. The van der Waals surface area contributed by atoms with Gasteiger partial charge in [0.25, 0.3) is 0 Å². The summed E-state index contributed by atoms with van der Waals surface area (Å²) in [6.45, 7) is 0. The number of benzene rings is 1. The van der Waals surface area contributed by atoms with Gasteiger partial charge in [0, 0.05) is 25.5 Å². The fourth-order valence-corrected chi connectivity index (χ4v) is 3.01. The molecule has 4 nitrogen and oxygen atoms in total. The molecule has 0 aliphatic rings. The van der Waals surface area contributed by atoms with Crippen LogP contribution in [0.2, 0.25) is 0 Å². The van der Waals surface area contributed by atoms with E-state index in [0.29, 0.717) is 17.0 Å². The van der Waals surface area contributed by atoms with Crippen LogP contribution in [0.15, 0.2) is 22.5 Å². The quantitative estimate of drug-likeness (QED) is 0.691. The summed E-state index contributed by atoms with van der Waals surface area (Å²) >= 11 is 2.96. The van der Waals surface area contributed by atoms with E-state index in [2.05, 4.69) is 10.2 Å². The van der Waals surface area contributed by atoms with E-state index in [4.69, 9.17) is 5.73 Å². The molecular formula is C11H13FN4S2. The van der Waals surface area contributed by atoms with Crippen molar-refractivity contribution in [2.24, 2.45) is 0 Å². The molecule has 96 valence electrons. The van der Waals surface area contributed by atoms with Crippen molar-refractivity contribution in [3.8, 4) is 0 Å². The third-order valence-electron chi connectivity index (χ3n) is 2.21. The van der Waals surface area contributed by atoms with Crippen molar-refractivity contribution < 1.29 is 4.39 Å². The van der Waals surface area contributed by atoms with Crippen LogP contribution in [0, 0.1) is 5.82 Å². The Bertz CT molecular complexity index is 542. The van der Waals surface area contributed by atoms with Gasteiger partial charge in [0.2, 0.25) is 5.13 Å². The maximum atomic E-state index is 13.6. The van der Waals surface area contributed by atoms with Crippen LogP contribution in [-0.4, -0.2) is 24.3 Å². The van der Waals surface area contributed by atoms with Crippen LogP contribution in [0.3, 0.4) is 0 Å². The monoisotopic (exact) mass is 284 g/mol. The van der Waals surface area contributed by atoms with E-state index in [1.54, 1.807) is 12.1 Å². The number of nitrogens with two attached hydrogens (primary N) is 1. The summed E-state index contributed by atoms with van der Waals surface area (Å²) in [5, 5.41) is 8.91. The van der Waals surface area contributed by atoms with Crippen LogP contribution < -0.4 is 10.6 Å². The predicted octanol–water partition coefficient (Wildman–Crippen LogP) is 2.62. The first-order valence-corrected chi connectivity index (χ1v) is 7.04. The van der Waals surface area contributed by atoms with Gasteiger partial charge in [-0.3, -0.25) is 0 Å². The van der Waals surface area contributed by atoms with Gasteiger partial charge in [-0.25, -0.2) is 4.39 Å². The molecule has 2 rings (SSSR count). The Morgan fingerprint density at radius 1 is 1.39 bits per heavy atom. The fraction of sp³-hybridized carbons (Fsp3) is 0.273. The maximum Gasteiger partial charge on any atom is 0.208 e. The van der Waals surface area contributed by atoms with E-state index in [1.165, 1.54) is 29.2 Å². The summed E-state index contributed by atoms with van der Waals surface area (Å²) in [6.07, 6.45) is 0. The highest BCUT2D eigenvalue weighted by molar-refractivity contribution is 8.00. The first-order valence-electron chi connectivity index (χ1n) is 5.24. The van der Waals surface area contributed by atoms with Gasteiger partial charge in [0.15, 0.2) is 4.34 Å². The van der Waals surface area contributed by atoms with Crippen LogP contribution >= 0.6 is 23.1 Å². The van der Waals surface area contributed by atoms with E-state index in [1.807, 2.05) is 19.0 Å². The van der Waals surface area contributed by atoms with Crippen LogP contribution in [0.1, 0.15) is 5.56 Å². The van der Waals surface area contributed by atoms with Gasteiger partial charge in [0.05, 0.1) is 0 Å². The second kappa shape index (κ2) is 5.53. The highest BCUT2D eigenvalue weighted by Crippen LogP contribution is 2.30. The van der Waals surface area contributed by atoms with Gasteiger partial charge in [0.1, 0.15) is 5.82 Å². The molecule has 0 radical (unpaired) electrons. The Morgan fingerprint density at radius 2 is 2.17 bits per heavy atom. The first-order chi connectivity index (χ1) is 8.56. The van der Waals surface area contributed by atoms with Gasteiger partial charge < -0.3 is 10.6 Å².